The minimum atomic E-state index is -0.826. The molecule has 2 heterocycles. The lowest BCUT2D eigenvalue weighted by Gasteiger charge is -2.29. The van der Waals surface area contributed by atoms with Gasteiger partial charge in [-0.05, 0) is 26.3 Å². The average Bonchev–Trinajstić information content (AvgIpc) is 2.50. The lowest BCUT2D eigenvalue weighted by molar-refractivity contribution is -0.148. The first-order chi connectivity index (χ1) is 8.62. The third-order valence-electron chi connectivity index (χ3n) is 3.71. The molecule has 1 N–H and O–H groups in total. The molecule has 0 saturated carbocycles. The molecule has 2 aliphatic heterocycles. The van der Waals surface area contributed by atoms with Gasteiger partial charge in [0.15, 0.2) is 5.60 Å². The van der Waals surface area contributed by atoms with E-state index in [1.54, 1.807) is 0 Å². The summed E-state index contributed by atoms with van der Waals surface area (Å²) in [6, 6.07) is 7.80. The van der Waals surface area contributed by atoms with Crippen LogP contribution < -0.4 is 5.32 Å². The van der Waals surface area contributed by atoms with Gasteiger partial charge < -0.3 is 10.1 Å². The minimum absolute atomic E-state index is 0.0369. The van der Waals surface area contributed by atoms with Crippen molar-refractivity contribution in [2.24, 2.45) is 0 Å². The quantitative estimate of drug-likeness (QED) is 0.711. The van der Waals surface area contributed by atoms with E-state index in [-0.39, 0.29) is 12.0 Å². The average molecular weight is 243 g/mol. The summed E-state index contributed by atoms with van der Waals surface area (Å²) in [6.07, 6.45) is 3.73. The van der Waals surface area contributed by atoms with E-state index in [0.717, 1.165) is 17.7 Å². The fraction of sp³-hybridized carbons (Fsp3) is 0.400. The van der Waals surface area contributed by atoms with Gasteiger partial charge in [0, 0.05) is 17.7 Å². The molecule has 0 bridgehead atoms. The fourth-order valence-corrected chi connectivity index (χ4v) is 2.85. The molecular weight excluding hydrogens is 226 g/mol. The molecule has 3 rings (SSSR count). The zero-order valence-electron chi connectivity index (χ0n) is 10.7. The highest BCUT2D eigenvalue weighted by Crippen LogP contribution is 2.45. The van der Waals surface area contributed by atoms with E-state index < -0.39 is 5.60 Å². The van der Waals surface area contributed by atoms with Gasteiger partial charge in [-0.15, -0.1) is 0 Å². The Hall–Kier alpha value is -1.61. The van der Waals surface area contributed by atoms with E-state index in [1.807, 2.05) is 31.2 Å². The van der Waals surface area contributed by atoms with Gasteiger partial charge in [-0.2, -0.15) is 0 Å². The van der Waals surface area contributed by atoms with Crippen molar-refractivity contribution in [2.45, 2.75) is 38.4 Å². The van der Waals surface area contributed by atoms with Crippen LogP contribution in [0.25, 0.3) is 0 Å². The molecule has 0 fully saturated rings. The summed E-state index contributed by atoms with van der Waals surface area (Å²) >= 11 is 0. The van der Waals surface area contributed by atoms with E-state index >= 15 is 0 Å². The van der Waals surface area contributed by atoms with E-state index in [1.165, 1.54) is 5.57 Å². The summed E-state index contributed by atoms with van der Waals surface area (Å²) in [5.74, 6) is -0.0369. The maximum atomic E-state index is 12.4. The van der Waals surface area contributed by atoms with Crippen LogP contribution in [-0.4, -0.2) is 12.0 Å². The molecule has 0 radical (unpaired) electrons. The molecule has 1 spiro atoms. The lowest BCUT2D eigenvalue weighted by atomic mass is 9.88. The second kappa shape index (κ2) is 3.95. The predicted molar refractivity (Wildman–Crippen MR) is 70.3 cm³/mol. The van der Waals surface area contributed by atoms with Crippen molar-refractivity contribution in [3.63, 3.8) is 0 Å². The number of anilines is 1. The number of amides is 1. The van der Waals surface area contributed by atoms with Crippen molar-refractivity contribution in [1.82, 2.24) is 0 Å². The first kappa shape index (κ1) is 11.5. The van der Waals surface area contributed by atoms with Gasteiger partial charge in [0.05, 0.1) is 6.10 Å². The van der Waals surface area contributed by atoms with Crippen molar-refractivity contribution in [3.8, 4) is 0 Å². The van der Waals surface area contributed by atoms with Crippen molar-refractivity contribution in [2.75, 3.05) is 5.32 Å². The monoisotopic (exact) mass is 243 g/mol. The first-order valence-corrected chi connectivity index (χ1v) is 6.36. The number of hydrogen-bond acceptors (Lipinski definition) is 2. The van der Waals surface area contributed by atoms with Gasteiger partial charge in [0.2, 0.25) is 0 Å². The van der Waals surface area contributed by atoms with E-state index in [2.05, 4.69) is 18.3 Å². The van der Waals surface area contributed by atoms with Crippen LogP contribution >= 0.6 is 0 Å². The molecule has 3 nitrogen and oxygen atoms in total. The van der Waals surface area contributed by atoms with Crippen molar-refractivity contribution >= 4 is 11.6 Å². The molecular formula is C15H17NO2. The minimum Gasteiger partial charge on any atom is -0.357 e. The molecule has 0 aromatic heterocycles. The predicted octanol–water partition coefficient (Wildman–Crippen LogP) is 2.98. The van der Waals surface area contributed by atoms with Gasteiger partial charge in [0.1, 0.15) is 0 Å². The van der Waals surface area contributed by atoms with Gasteiger partial charge in [-0.3, -0.25) is 4.79 Å². The number of carbonyl (C=O) groups excluding carboxylic acids is 1. The summed E-state index contributed by atoms with van der Waals surface area (Å²) in [5, 5.41) is 2.94. The maximum Gasteiger partial charge on any atom is 0.261 e. The number of rotatable bonds is 0. The van der Waals surface area contributed by atoms with Gasteiger partial charge >= 0.3 is 0 Å². The Morgan fingerprint density at radius 2 is 2.17 bits per heavy atom. The second-order valence-electron chi connectivity index (χ2n) is 5.22. The van der Waals surface area contributed by atoms with Gasteiger partial charge in [-0.1, -0.05) is 29.8 Å². The smallest absolute Gasteiger partial charge is 0.261 e. The van der Waals surface area contributed by atoms with E-state index in [4.69, 9.17) is 4.74 Å². The highest BCUT2D eigenvalue weighted by atomic mass is 16.5. The molecule has 1 amide bonds. The zero-order valence-corrected chi connectivity index (χ0v) is 10.7. The van der Waals surface area contributed by atoms with E-state index in [0.29, 0.717) is 6.42 Å². The molecule has 0 saturated heterocycles. The van der Waals surface area contributed by atoms with Crippen LogP contribution in [0, 0.1) is 0 Å². The number of fused-ring (bicyclic) bond motifs is 2. The molecule has 1 unspecified atom stereocenters. The summed E-state index contributed by atoms with van der Waals surface area (Å²) in [6.45, 7) is 4.09. The number of ether oxygens (including phenoxy) is 1. The zero-order chi connectivity index (χ0) is 12.8. The van der Waals surface area contributed by atoms with Crippen LogP contribution in [0.2, 0.25) is 0 Å². The second-order valence-corrected chi connectivity index (χ2v) is 5.22. The summed E-state index contributed by atoms with van der Waals surface area (Å²) < 4.78 is 6.10. The first-order valence-electron chi connectivity index (χ1n) is 6.36. The maximum absolute atomic E-state index is 12.4. The Balaban J connectivity index is 2.13. The number of carbonyl (C=O) groups is 1. The third kappa shape index (κ3) is 1.58. The summed E-state index contributed by atoms with van der Waals surface area (Å²) in [7, 11) is 0. The van der Waals surface area contributed by atoms with Crippen LogP contribution in [0.15, 0.2) is 35.9 Å². The molecule has 3 heteroatoms. The third-order valence-corrected chi connectivity index (χ3v) is 3.71. The summed E-state index contributed by atoms with van der Waals surface area (Å²) in [5.41, 5.74) is 2.24. The molecule has 1 aromatic rings. The van der Waals surface area contributed by atoms with Crippen LogP contribution in [0.1, 0.15) is 32.3 Å². The fourth-order valence-electron chi connectivity index (χ4n) is 2.85. The standard InChI is InChI=1S/C15H17NO2/c1-10-7-8-11(2)18-15(9-10)12-5-3-4-6-13(12)16-14(15)17/h3-7,11H,8-9H2,1-2H3,(H,16,17)/t11-,15?/m1/s1. The van der Waals surface area contributed by atoms with Crippen molar-refractivity contribution < 1.29 is 9.53 Å². The van der Waals surface area contributed by atoms with Gasteiger partial charge in [0.25, 0.3) is 5.91 Å². The Labute approximate surface area is 107 Å². The van der Waals surface area contributed by atoms with Gasteiger partial charge in [-0.25, -0.2) is 0 Å². The summed E-state index contributed by atoms with van der Waals surface area (Å²) in [4.78, 5) is 12.4. The Bertz CT molecular complexity index is 535. The molecule has 2 aliphatic rings. The van der Waals surface area contributed by atoms with Crippen LogP contribution in [0.3, 0.4) is 0 Å². The molecule has 1 aromatic carbocycles. The van der Waals surface area contributed by atoms with Crippen molar-refractivity contribution in [3.05, 3.63) is 41.5 Å². The SMILES string of the molecule is CC1=CC[C@@H](C)OC2(C1)C(=O)Nc1ccccc12. The molecule has 0 aliphatic carbocycles. The van der Waals surface area contributed by atoms with Crippen molar-refractivity contribution in [1.29, 1.82) is 0 Å². The number of hydrogen-bond donors (Lipinski definition) is 1. The highest BCUT2D eigenvalue weighted by Gasteiger charge is 2.49. The highest BCUT2D eigenvalue weighted by molar-refractivity contribution is 6.05. The topological polar surface area (TPSA) is 38.3 Å². The Morgan fingerprint density at radius 3 is 3.00 bits per heavy atom. The van der Waals surface area contributed by atoms with E-state index in [9.17, 15) is 4.79 Å². The molecule has 2 atom stereocenters. The normalized spacial score (nSPS) is 30.7. The number of nitrogens with one attached hydrogen (secondary N) is 1. The van der Waals surface area contributed by atoms with Crippen LogP contribution in [-0.2, 0) is 15.1 Å². The molecule has 94 valence electrons. The van der Waals surface area contributed by atoms with Crippen LogP contribution in [0.5, 0.6) is 0 Å². The number of para-hydroxylation sites is 1. The largest absolute Gasteiger partial charge is 0.357 e. The lowest BCUT2D eigenvalue weighted by Crippen LogP contribution is -2.39. The van der Waals surface area contributed by atoms with Crippen LogP contribution in [0.4, 0.5) is 5.69 Å². The molecule has 18 heavy (non-hydrogen) atoms. The number of benzene rings is 1. The Kier molecular flexibility index (Phi) is 2.52. The Morgan fingerprint density at radius 1 is 1.39 bits per heavy atom.